The third kappa shape index (κ3) is 4.49. The first-order chi connectivity index (χ1) is 15.0. The van der Waals surface area contributed by atoms with Crippen molar-refractivity contribution in [1.82, 2.24) is 19.3 Å². The lowest BCUT2D eigenvalue weighted by atomic mass is 10.2. The maximum Gasteiger partial charge on any atom is 0.280 e. The van der Waals surface area contributed by atoms with E-state index in [9.17, 15) is 14.0 Å². The third-order valence-electron chi connectivity index (χ3n) is 5.17. The maximum absolute atomic E-state index is 13.8. The second-order valence-electron chi connectivity index (χ2n) is 7.36. The lowest BCUT2D eigenvalue weighted by Gasteiger charge is -2.16. The zero-order valence-electron chi connectivity index (χ0n) is 17.4. The molecule has 4 rings (SSSR count). The Labute approximate surface area is 182 Å². The average molecular weight is 446 g/mol. The first kappa shape index (κ1) is 21.5. The molecule has 1 aliphatic rings. The van der Waals surface area contributed by atoms with Crippen LogP contribution in [0.25, 0.3) is 11.0 Å². The van der Waals surface area contributed by atoms with Crippen LogP contribution in [0, 0.1) is 12.7 Å². The van der Waals surface area contributed by atoms with Crippen molar-refractivity contribution in [2.45, 2.75) is 51.0 Å². The number of carbonyl (C=O) groups is 1. The summed E-state index contributed by atoms with van der Waals surface area (Å²) in [6, 6.07) is 5.99. The molecule has 0 radical (unpaired) electrons. The number of rotatable bonds is 7. The highest BCUT2D eigenvalue weighted by atomic mass is 32.2. The lowest BCUT2D eigenvalue weighted by molar-refractivity contribution is -0.113. The van der Waals surface area contributed by atoms with Gasteiger partial charge in [0.2, 0.25) is 5.91 Å². The molecule has 3 aromatic rings. The van der Waals surface area contributed by atoms with Gasteiger partial charge in [0.25, 0.3) is 5.56 Å². The van der Waals surface area contributed by atoms with Crippen LogP contribution in [0.3, 0.4) is 0 Å². The van der Waals surface area contributed by atoms with E-state index in [1.807, 2.05) is 13.8 Å². The molecule has 1 atom stereocenters. The van der Waals surface area contributed by atoms with Crippen molar-refractivity contribution in [3.8, 4) is 0 Å². The predicted molar refractivity (Wildman–Crippen MR) is 117 cm³/mol. The van der Waals surface area contributed by atoms with Crippen LogP contribution in [-0.4, -0.2) is 43.7 Å². The second-order valence-corrected chi connectivity index (χ2v) is 8.30. The summed E-state index contributed by atoms with van der Waals surface area (Å²) in [5, 5.41) is 7.41. The van der Waals surface area contributed by atoms with E-state index in [0.717, 1.165) is 24.6 Å². The number of para-hydroxylation sites is 1. The molecule has 1 N–H and O–H groups in total. The van der Waals surface area contributed by atoms with Crippen LogP contribution in [0.2, 0.25) is 0 Å². The summed E-state index contributed by atoms with van der Waals surface area (Å²) >= 11 is 1.14. The van der Waals surface area contributed by atoms with Gasteiger partial charge < -0.3 is 10.1 Å². The number of carbonyl (C=O) groups excluding carboxylic acids is 1. The number of aromatic nitrogens is 4. The van der Waals surface area contributed by atoms with Crippen LogP contribution in [0.15, 0.2) is 34.2 Å². The van der Waals surface area contributed by atoms with E-state index in [2.05, 4.69) is 15.4 Å². The number of thioether (sulfide) groups is 1. The van der Waals surface area contributed by atoms with Gasteiger partial charge in [-0.05, 0) is 38.8 Å². The highest BCUT2D eigenvalue weighted by Gasteiger charge is 2.23. The van der Waals surface area contributed by atoms with Gasteiger partial charge in [-0.15, -0.1) is 0 Å². The van der Waals surface area contributed by atoms with E-state index in [4.69, 9.17) is 4.74 Å². The minimum atomic E-state index is -0.502. The van der Waals surface area contributed by atoms with Gasteiger partial charge in [0.15, 0.2) is 10.7 Å². The summed E-state index contributed by atoms with van der Waals surface area (Å²) in [6.07, 6.45) is 1.76. The molecule has 1 saturated heterocycles. The maximum atomic E-state index is 13.8. The van der Waals surface area contributed by atoms with E-state index in [1.165, 1.54) is 12.1 Å². The van der Waals surface area contributed by atoms with E-state index >= 15 is 0 Å². The Hall–Kier alpha value is -2.72. The monoisotopic (exact) mass is 445 g/mol. The molecule has 0 saturated carbocycles. The molecule has 2 aromatic heterocycles. The van der Waals surface area contributed by atoms with Crippen LogP contribution in [-0.2, 0) is 22.6 Å². The van der Waals surface area contributed by atoms with Crippen LogP contribution in [0.5, 0.6) is 0 Å². The molecular formula is C21H24FN5O3S. The van der Waals surface area contributed by atoms with Crippen molar-refractivity contribution in [3.05, 3.63) is 46.1 Å². The number of hydrogen-bond donors (Lipinski definition) is 1. The van der Waals surface area contributed by atoms with Crippen molar-refractivity contribution in [2.24, 2.45) is 0 Å². The molecule has 1 fully saturated rings. The topological polar surface area (TPSA) is 91.0 Å². The van der Waals surface area contributed by atoms with Crippen molar-refractivity contribution < 1.29 is 13.9 Å². The molecule has 1 unspecified atom stereocenters. The third-order valence-corrected chi connectivity index (χ3v) is 6.15. The fourth-order valence-corrected chi connectivity index (χ4v) is 4.46. The highest BCUT2D eigenvalue weighted by Crippen LogP contribution is 2.23. The fourth-order valence-electron chi connectivity index (χ4n) is 3.66. The molecule has 8 nitrogen and oxygen atoms in total. The standard InChI is InChI=1S/C21H24FN5O3S/c1-3-27-19-18(13(2)25-27)24-21(26(20(19)29)11-14-7-6-10-30-14)31-12-17(28)23-16-9-5-4-8-15(16)22/h4-5,8-9,14H,3,6-7,10-12H2,1-2H3,(H,23,28). The number of nitrogens with one attached hydrogen (secondary N) is 1. The Bertz CT molecular complexity index is 1170. The minimum Gasteiger partial charge on any atom is -0.376 e. The summed E-state index contributed by atoms with van der Waals surface area (Å²) in [7, 11) is 0. The predicted octanol–water partition coefficient (Wildman–Crippen LogP) is 2.97. The molecule has 0 spiro atoms. The normalized spacial score (nSPS) is 16.2. The number of anilines is 1. The van der Waals surface area contributed by atoms with Crippen LogP contribution < -0.4 is 10.9 Å². The number of nitrogens with zero attached hydrogens (tertiary/aromatic N) is 4. The number of hydrogen-bond acceptors (Lipinski definition) is 6. The Morgan fingerprint density at radius 3 is 2.90 bits per heavy atom. The van der Waals surface area contributed by atoms with E-state index in [1.54, 1.807) is 21.4 Å². The summed E-state index contributed by atoms with van der Waals surface area (Å²) in [5.41, 5.74) is 1.58. The van der Waals surface area contributed by atoms with E-state index in [0.29, 0.717) is 41.6 Å². The molecule has 1 aliphatic heterocycles. The van der Waals surface area contributed by atoms with Gasteiger partial charge in [0.1, 0.15) is 11.3 Å². The summed E-state index contributed by atoms with van der Waals surface area (Å²) in [4.78, 5) is 30.4. The van der Waals surface area contributed by atoms with Gasteiger partial charge in [-0.25, -0.2) is 9.37 Å². The van der Waals surface area contributed by atoms with Crippen molar-refractivity contribution in [2.75, 3.05) is 17.7 Å². The average Bonchev–Trinajstić information content (AvgIpc) is 3.38. The molecule has 3 heterocycles. The van der Waals surface area contributed by atoms with Crippen LogP contribution in [0.1, 0.15) is 25.5 Å². The zero-order valence-corrected chi connectivity index (χ0v) is 18.2. The Morgan fingerprint density at radius 1 is 1.39 bits per heavy atom. The number of ether oxygens (including phenoxy) is 1. The SMILES string of the molecule is CCn1nc(C)c2nc(SCC(=O)Nc3ccccc3F)n(CC3CCCO3)c(=O)c21. The lowest BCUT2D eigenvalue weighted by Crippen LogP contribution is -2.30. The Morgan fingerprint density at radius 2 is 2.19 bits per heavy atom. The number of halogens is 1. The molecule has 1 amide bonds. The Balaban J connectivity index is 1.63. The van der Waals surface area contributed by atoms with Gasteiger partial charge >= 0.3 is 0 Å². The van der Waals surface area contributed by atoms with Gasteiger partial charge in [0.05, 0.1) is 29.8 Å². The molecule has 10 heteroatoms. The largest absolute Gasteiger partial charge is 0.376 e. The van der Waals surface area contributed by atoms with Crippen molar-refractivity contribution in [1.29, 1.82) is 0 Å². The first-order valence-electron chi connectivity index (χ1n) is 10.2. The molecule has 1 aromatic carbocycles. The van der Waals surface area contributed by atoms with E-state index in [-0.39, 0.29) is 29.0 Å². The number of amides is 1. The van der Waals surface area contributed by atoms with Gasteiger partial charge in [-0.2, -0.15) is 5.10 Å². The minimum absolute atomic E-state index is 0.0151. The molecule has 31 heavy (non-hydrogen) atoms. The van der Waals surface area contributed by atoms with Gasteiger partial charge in [-0.3, -0.25) is 18.8 Å². The van der Waals surface area contributed by atoms with Crippen LogP contribution >= 0.6 is 11.8 Å². The Kier molecular flexibility index (Phi) is 6.38. The number of fused-ring (bicyclic) bond motifs is 1. The van der Waals surface area contributed by atoms with Crippen LogP contribution in [0.4, 0.5) is 10.1 Å². The summed E-state index contributed by atoms with van der Waals surface area (Å²) < 4.78 is 22.8. The number of benzene rings is 1. The molecule has 164 valence electrons. The number of aryl methyl sites for hydroxylation is 2. The van der Waals surface area contributed by atoms with Gasteiger partial charge in [0, 0.05) is 13.2 Å². The molecule has 0 aliphatic carbocycles. The summed E-state index contributed by atoms with van der Waals surface area (Å²) in [5.74, 6) is -0.897. The van der Waals surface area contributed by atoms with E-state index < -0.39 is 5.82 Å². The quantitative estimate of drug-likeness (QED) is 0.444. The fraction of sp³-hybridized carbons (Fsp3) is 0.429. The summed E-state index contributed by atoms with van der Waals surface area (Å²) in [6.45, 7) is 5.33. The smallest absolute Gasteiger partial charge is 0.280 e. The zero-order chi connectivity index (χ0) is 22.0. The molecule has 0 bridgehead atoms. The first-order valence-corrected chi connectivity index (χ1v) is 11.2. The van der Waals surface area contributed by atoms with Crippen molar-refractivity contribution >= 4 is 34.4 Å². The molecular weight excluding hydrogens is 421 g/mol. The van der Waals surface area contributed by atoms with Crippen molar-refractivity contribution in [3.63, 3.8) is 0 Å². The second kappa shape index (κ2) is 9.19. The van der Waals surface area contributed by atoms with Gasteiger partial charge in [-0.1, -0.05) is 23.9 Å². The highest BCUT2D eigenvalue weighted by molar-refractivity contribution is 7.99.